The summed E-state index contributed by atoms with van der Waals surface area (Å²) in [6.45, 7) is 3.98. The summed E-state index contributed by atoms with van der Waals surface area (Å²) in [5.74, 6) is 6.03. The van der Waals surface area contributed by atoms with Gasteiger partial charge in [-0.05, 0) is 43.4 Å². The Balaban J connectivity index is 2.45. The van der Waals surface area contributed by atoms with E-state index >= 15 is 0 Å². The van der Waals surface area contributed by atoms with Gasteiger partial charge in [0.2, 0.25) is 5.91 Å². The van der Waals surface area contributed by atoms with Gasteiger partial charge >= 0.3 is 0 Å². The van der Waals surface area contributed by atoms with E-state index in [1.165, 1.54) is 0 Å². The zero-order valence-corrected chi connectivity index (χ0v) is 10.5. The van der Waals surface area contributed by atoms with Crippen molar-refractivity contribution in [2.24, 2.45) is 5.84 Å². The summed E-state index contributed by atoms with van der Waals surface area (Å²) in [5, 5.41) is 0. The van der Waals surface area contributed by atoms with Crippen LogP contribution in [0, 0.1) is 13.8 Å². The maximum Gasteiger partial charge on any atom is 0.244 e. The molecule has 4 nitrogen and oxygen atoms in total. The molecule has 2 rings (SSSR count). The lowest BCUT2D eigenvalue weighted by Crippen LogP contribution is -2.39. The van der Waals surface area contributed by atoms with Crippen LogP contribution in [0.15, 0.2) is 12.1 Å². The number of carbonyl (C=O) groups excluding carboxylic acids is 1. The first kappa shape index (κ1) is 11.9. The van der Waals surface area contributed by atoms with Gasteiger partial charge in [-0.15, -0.1) is 0 Å². The molecular weight excluding hydrogens is 216 g/mol. The Morgan fingerprint density at radius 1 is 1.35 bits per heavy atom. The Morgan fingerprint density at radius 3 is 2.24 bits per heavy atom. The Morgan fingerprint density at radius 2 is 1.88 bits per heavy atom. The maximum atomic E-state index is 11.8. The van der Waals surface area contributed by atoms with Crippen molar-refractivity contribution in [3.63, 3.8) is 0 Å². The van der Waals surface area contributed by atoms with Crippen LogP contribution in [0.5, 0.6) is 5.75 Å². The van der Waals surface area contributed by atoms with Crippen molar-refractivity contribution in [2.45, 2.75) is 32.1 Å². The molecule has 0 spiro atoms. The van der Waals surface area contributed by atoms with E-state index in [-0.39, 0.29) is 5.91 Å². The molecular formula is C13H18N2O2. The molecule has 92 valence electrons. The second kappa shape index (κ2) is 4.04. The topological polar surface area (TPSA) is 64.3 Å². The lowest BCUT2D eigenvalue weighted by atomic mass is 9.91. The van der Waals surface area contributed by atoms with Crippen molar-refractivity contribution >= 4 is 5.91 Å². The lowest BCUT2D eigenvalue weighted by molar-refractivity contribution is -0.123. The number of hydrogen-bond donors (Lipinski definition) is 2. The fourth-order valence-electron chi connectivity index (χ4n) is 2.46. The molecule has 0 radical (unpaired) electrons. The molecule has 1 saturated carbocycles. The molecule has 0 heterocycles. The van der Waals surface area contributed by atoms with Gasteiger partial charge in [0.1, 0.15) is 5.75 Å². The van der Waals surface area contributed by atoms with E-state index in [9.17, 15) is 4.79 Å². The number of amides is 1. The number of benzene rings is 1. The highest BCUT2D eigenvalue weighted by molar-refractivity contribution is 5.91. The molecule has 1 aliphatic carbocycles. The van der Waals surface area contributed by atoms with Crippen molar-refractivity contribution in [1.29, 1.82) is 0 Å². The molecule has 1 aromatic carbocycles. The van der Waals surface area contributed by atoms with Crippen molar-refractivity contribution in [2.75, 3.05) is 7.11 Å². The monoisotopic (exact) mass is 234 g/mol. The number of ether oxygens (including phenoxy) is 1. The molecule has 1 aromatic rings. The molecule has 17 heavy (non-hydrogen) atoms. The van der Waals surface area contributed by atoms with Crippen LogP contribution in [0.3, 0.4) is 0 Å². The van der Waals surface area contributed by atoms with Gasteiger partial charge in [0.05, 0.1) is 12.5 Å². The van der Waals surface area contributed by atoms with Crippen LogP contribution >= 0.6 is 0 Å². The minimum absolute atomic E-state index is 0.0959. The molecule has 0 aliphatic heterocycles. The first-order valence-corrected chi connectivity index (χ1v) is 5.72. The van der Waals surface area contributed by atoms with Crippen LogP contribution in [0.1, 0.15) is 29.5 Å². The predicted molar refractivity (Wildman–Crippen MR) is 65.7 cm³/mol. The van der Waals surface area contributed by atoms with Gasteiger partial charge in [0.15, 0.2) is 0 Å². The number of carbonyl (C=O) groups is 1. The molecule has 4 heteroatoms. The van der Waals surface area contributed by atoms with Gasteiger partial charge in [-0.25, -0.2) is 5.84 Å². The van der Waals surface area contributed by atoms with Crippen molar-refractivity contribution in [3.05, 3.63) is 28.8 Å². The maximum absolute atomic E-state index is 11.8. The average Bonchev–Trinajstić information content (AvgIpc) is 3.08. The molecule has 1 amide bonds. The molecule has 1 aliphatic rings. The summed E-state index contributed by atoms with van der Waals surface area (Å²) in [5.41, 5.74) is 5.00. The summed E-state index contributed by atoms with van der Waals surface area (Å²) in [6.07, 6.45) is 1.72. The summed E-state index contributed by atoms with van der Waals surface area (Å²) in [4.78, 5) is 11.8. The molecule has 0 atom stereocenters. The number of methoxy groups -OCH3 is 1. The van der Waals surface area contributed by atoms with E-state index in [1.54, 1.807) is 7.11 Å². The highest BCUT2D eigenvalue weighted by Gasteiger charge is 2.51. The summed E-state index contributed by atoms with van der Waals surface area (Å²) >= 11 is 0. The standard InChI is InChI=1S/C13H18N2O2/c1-8-6-10(7-9(2)11(8)17-3)13(4-5-13)12(16)15-14/h6-7H,4-5,14H2,1-3H3,(H,15,16). The summed E-state index contributed by atoms with van der Waals surface area (Å²) in [6, 6.07) is 4.04. The third-order valence-electron chi connectivity index (χ3n) is 3.53. The van der Waals surface area contributed by atoms with Crippen molar-refractivity contribution in [3.8, 4) is 5.75 Å². The van der Waals surface area contributed by atoms with Crippen LogP contribution in [-0.2, 0) is 10.2 Å². The smallest absolute Gasteiger partial charge is 0.244 e. The number of nitrogens with two attached hydrogens (primary N) is 1. The first-order valence-electron chi connectivity index (χ1n) is 5.72. The summed E-state index contributed by atoms with van der Waals surface area (Å²) < 4.78 is 5.33. The van der Waals surface area contributed by atoms with E-state index in [0.717, 1.165) is 35.3 Å². The Labute approximate surface area is 101 Å². The van der Waals surface area contributed by atoms with Gasteiger partial charge in [0, 0.05) is 0 Å². The van der Waals surface area contributed by atoms with Crippen LogP contribution < -0.4 is 16.0 Å². The minimum atomic E-state index is -0.406. The molecule has 0 saturated heterocycles. The number of hydrazine groups is 1. The van der Waals surface area contributed by atoms with Crippen LogP contribution in [0.2, 0.25) is 0 Å². The van der Waals surface area contributed by atoms with E-state index in [1.807, 2.05) is 26.0 Å². The quantitative estimate of drug-likeness (QED) is 0.471. The lowest BCUT2D eigenvalue weighted by Gasteiger charge is -2.17. The van der Waals surface area contributed by atoms with Crippen molar-refractivity contribution < 1.29 is 9.53 Å². The van der Waals surface area contributed by atoms with E-state index < -0.39 is 5.41 Å². The van der Waals surface area contributed by atoms with E-state index in [2.05, 4.69) is 5.43 Å². The molecule has 3 N–H and O–H groups in total. The van der Waals surface area contributed by atoms with Crippen molar-refractivity contribution in [1.82, 2.24) is 5.43 Å². The number of rotatable bonds is 3. The van der Waals surface area contributed by atoms with Crippen LogP contribution in [0.4, 0.5) is 0 Å². The zero-order valence-electron chi connectivity index (χ0n) is 10.5. The van der Waals surface area contributed by atoms with Gasteiger partial charge < -0.3 is 4.74 Å². The predicted octanol–water partition coefficient (Wildman–Crippen LogP) is 1.33. The second-order valence-electron chi connectivity index (χ2n) is 4.70. The Hall–Kier alpha value is -1.55. The van der Waals surface area contributed by atoms with Gasteiger partial charge in [-0.3, -0.25) is 10.2 Å². The fourth-order valence-corrected chi connectivity index (χ4v) is 2.46. The Kier molecular flexibility index (Phi) is 2.83. The molecule has 0 bridgehead atoms. The van der Waals surface area contributed by atoms with Crippen LogP contribution in [-0.4, -0.2) is 13.0 Å². The Bertz CT molecular complexity index is 441. The average molecular weight is 234 g/mol. The fraction of sp³-hybridized carbons (Fsp3) is 0.462. The molecule has 0 aromatic heterocycles. The van der Waals surface area contributed by atoms with Gasteiger partial charge in [-0.2, -0.15) is 0 Å². The van der Waals surface area contributed by atoms with E-state index in [4.69, 9.17) is 10.6 Å². The third-order valence-corrected chi connectivity index (χ3v) is 3.53. The SMILES string of the molecule is COc1c(C)cc(C2(C(=O)NN)CC2)cc1C. The second-order valence-corrected chi connectivity index (χ2v) is 4.70. The van der Waals surface area contributed by atoms with Gasteiger partial charge in [0.25, 0.3) is 0 Å². The van der Waals surface area contributed by atoms with Gasteiger partial charge in [-0.1, -0.05) is 12.1 Å². The molecule has 0 unspecified atom stereocenters. The highest BCUT2D eigenvalue weighted by atomic mass is 16.5. The zero-order chi connectivity index (χ0) is 12.6. The summed E-state index contributed by atoms with van der Waals surface area (Å²) in [7, 11) is 1.66. The van der Waals surface area contributed by atoms with E-state index in [0.29, 0.717) is 0 Å². The number of aryl methyl sites for hydroxylation is 2. The first-order chi connectivity index (χ1) is 8.05. The van der Waals surface area contributed by atoms with Crippen LogP contribution in [0.25, 0.3) is 0 Å². The largest absolute Gasteiger partial charge is 0.496 e. The number of nitrogens with one attached hydrogen (secondary N) is 1. The third kappa shape index (κ3) is 1.78. The highest BCUT2D eigenvalue weighted by Crippen LogP contribution is 2.49. The normalized spacial score (nSPS) is 16.5. The minimum Gasteiger partial charge on any atom is -0.496 e. The number of hydrogen-bond acceptors (Lipinski definition) is 3. The molecule has 1 fully saturated rings.